The number of aromatic amines is 1. The average Bonchev–Trinajstić information content (AvgIpc) is 3.11. The van der Waals surface area contributed by atoms with E-state index in [1.165, 1.54) is 0 Å². The molecule has 2 aromatic carbocycles. The summed E-state index contributed by atoms with van der Waals surface area (Å²) >= 11 is 0. The van der Waals surface area contributed by atoms with Gasteiger partial charge in [-0.3, -0.25) is 0 Å². The third-order valence-corrected chi connectivity index (χ3v) is 4.74. The first-order valence-electron chi connectivity index (χ1n) is 8.93. The number of hydrazone groups is 1. The van der Waals surface area contributed by atoms with Crippen LogP contribution in [0.3, 0.4) is 0 Å². The number of hydrogen-bond donors (Lipinski definition) is 3. The highest BCUT2D eigenvalue weighted by Gasteiger charge is 2.15. The number of amidine groups is 1. The van der Waals surface area contributed by atoms with Crippen molar-refractivity contribution in [2.45, 2.75) is 6.42 Å². The fourth-order valence-corrected chi connectivity index (χ4v) is 3.36. The summed E-state index contributed by atoms with van der Waals surface area (Å²) in [4.78, 5) is 8.17. The van der Waals surface area contributed by atoms with E-state index in [0.717, 1.165) is 39.2 Å². The summed E-state index contributed by atoms with van der Waals surface area (Å²) in [5.41, 5.74) is 11.6. The lowest BCUT2D eigenvalue weighted by Crippen LogP contribution is -2.17. The zero-order chi connectivity index (χ0) is 19.5. The molecule has 2 aromatic heterocycles. The number of pyridine rings is 1. The van der Waals surface area contributed by atoms with E-state index in [4.69, 9.17) is 16.3 Å². The van der Waals surface area contributed by atoms with Gasteiger partial charge in [0.05, 0.1) is 12.8 Å². The van der Waals surface area contributed by atoms with Gasteiger partial charge >= 0.3 is 0 Å². The van der Waals surface area contributed by atoms with Gasteiger partial charge in [0.15, 0.2) is 5.84 Å². The molecule has 0 saturated heterocycles. The third-order valence-electron chi connectivity index (χ3n) is 4.74. The average molecular weight is 371 g/mol. The molecule has 6 heteroatoms. The molecule has 0 aliphatic carbocycles. The van der Waals surface area contributed by atoms with Gasteiger partial charge in [0.1, 0.15) is 11.4 Å². The summed E-state index contributed by atoms with van der Waals surface area (Å²) in [7, 11) is 1.67. The van der Waals surface area contributed by atoms with E-state index in [2.05, 4.69) is 33.3 Å². The number of benzene rings is 2. The van der Waals surface area contributed by atoms with Crippen LogP contribution in [0.15, 0.2) is 71.8 Å². The Morgan fingerprint density at radius 2 is 1.89 bits per heavy atom. The highest BCUT2D eigenvalue weighted by molar-refractivity contribution is 5.95. The van der Waals surface area contributed by atoms with Crippen LogP contribution < -0.4 is 16.3 Å². The Labute approximate surface area is 162 Å². The van der Waals surface area contributed by atoms with Crippen molar-refractivity contribution in [3.63, 3.8) is 0 Å². The van der Waals surface area contributed by atoms with Crippen LogP contribution >= 0.6 is 0 Å². The van der Waals surface area contributed by atoms with Crippen molar-refractivity contribution >= 4 is 16.7 Å². The van der Waals surface area contributed by atoms with Gasteiger partial charge in [-0.1, -0.05) is 36.4 Å². The molecule has 0 aliphatic rings. The molecular weight excluding hydrogens is 350 g/mol. The van der Waals surface area contributed by atoms with E-state index in [-0.39, 0.29) is 5.84 Å². The van der Waals surface area contributed by atoms with Crippen molar-refractivity contribution in [2.24, 2.45) is 16.7 Å². The molecule has 0 atom stereocenters. The molecule has 0 amide bonds. The number of rotatable bonds is 5. The van der Waals surface area contributed by atoms with E-state index in [1.807, 2.05) is 42.5 Å². The summed E-state index contributed by atoms with van der Waals surface area (Å²) in [5.74, 6) is 6.33. The lowest BCUT2D eigenvalue weighted by molar-refractivity contribution is 0.415. The predicted octanol–water partition coefficient (Wildman–Crippen LogP) is 3.41. The quantitative estimate of drug-likeness (QED) is 0.216. The normalized spacial score (nSPS) is 11.7. The monoisotopic (exact) mass is 371 g/mol. The van der Waals surface area contributed by atoms with E-state index in [1.54, 1.807) is 13.2 Å². The molecule has 4 aromatic rings. The second-order valence-corrected chi connectivity index (χ2v) is 6.46. The second kappa shape index (κ2) is 7.44. The number of nitrogens with zero attached hydrogens (tertiary/aromatic N) is 2. The van der Waals surface area contributed by atoms with Crippen molar-refractivity contribution in [3.8, 4) is 17.0 Å². The Bertz CT molecular complexity index is 1150. The van der Waals surface area contributed by atoms with Crippen LogP contribution in [0.2, 0.25) is 0 Å². The first-order chi connectivity index (χ1) is 13.7. The standard InChI is InChI=1S/C22H21N5O/c1-28-16-10-11-17-18(12-15-8-5-9-19(25-15)22(23)27-24)21(26-20(17)13-16)14-6-3-2-4-7-14/h2-11,13,26H,12,24H2,1H3,(H2,23,27). The summed E-state index contributed by atoms with van der Waals surface area (Å²) in [6.45, 7) is 0. The van der Waals surface area contributed by atoms with Crippen LogP contribution in [0.1, 0.15) is 17.0 Å². The third kappa shape index (κ3) is 3.27. The van der Waals surface area contributed by atoms with Gasteiger partial charge in [0.2, 0.25) is 0 Å². The summed E-state index contributed by atoms with van der Waals surface area (Å²) < 4.78 is 5.38. The molecule has 0 unspecified atom stereocenters. The molecule has 0 radical (unpaired) electrons. The Morgan fingerprint density at radius 1 is 1.07 bits per heavy atom. The van der Waals surface area contributed by atoms with Gasteiger partial charge in [-0.25, -0.2) is 4.98 Å². The number of nitrogens with one attached hydrogen (secondary N) is 1. The molecule has 0 fully saturated rings. The lowest BCUT2D eigenvalue weighted by Gasteiger charge is -2.07. The minimum absolute atomic E-state index is 0.216. The fourth-order valence-electron chi connectivity index (χ4n) is 3.36. The van der Waals surface area contributed by atoms with Gasteiger partial charge in [-0.05, 0) is 35.4 Å². The van der Waals surface area contributed by atoms with Crippen LogP contribution in [-0.2, 0) is 6.42 Å². The van der Waals surface area contributed by atoms with Gasteiger partial charge in [0.25, 0.3) is 0 Å². The van der Waals surface area contributed by atoms with E-state index in [9.17, 15) is 0 Å². The SMILES string of the molecule is COc1ccc2c(Cc3cccc(/C(N)=N/N)n3)c(-c3ccccc3)[nH]c2c1. The minimum atomic E-state index is 0.216. The zero-order valence-electron chi connectivity index (χ0n) is 15.5. The molecular formula is C22H21N5O. The lowest BCUT2D eigenvalue weighted by atomic mass is 10.0. The van der Waals surface area contributed by atoms with Gasteiger partial charge in [-0.2, -0.15) is 5.10 Å². The Kier molecular flexibility index (Phi) is 4.68. The van der Waals surface area contributed by atoms with E-state index in [0.29, 0.717) is 12.1 Å². The maximum Gasteiger partial charge on any atom is 0.168 e. The van der Waals surface area contributed by atoms with Crippen LogP contribution in [0.5, 0.6) is 5.75 Å². The Morgan fingerprint density at radius 3 is 2.64 bits per heavy atom. The van der Waals surface area contributed by atoms with Gasteiger partial charge < -0.3 is 21.3 Å². The fraction of sp³-hybridized carbons (Fsp3) is 0.0909. The maximum absolute atomic E-state index is 5.82. The largest absolute Gasteiger partial charge is 0.497 e. The highest BCUT2D eigenvalue weighted by atomic mass is 16.5. The molecule has 6 nitrogen and oxygen atoms in total. The number of fused-ring (bicyclic) bond motifs is 1. The first-order valence-corrected chi connectivity index (χ1v) is 8.93. The first kappa shape index (κ1) is 17.6. The van der Waals surface area contributed by atoms with E-state index < -0.39 is 0 Å². The van der Waals surface area contributed by atoms with Crippen molar-refractivity contribution in [1.82, 2.24) is 9.97 Å². The van der Waals surface area contributed by atoms with Crippen molar-refractivity contribution in [1.29, 1.82) is 0 Å². The van der Waals surface area contributed by atoms with Gasteiger partial charge in [-0.15, -0.1) is 0 Å². The minimum Gasteiger partial charge on any atom is -0.497 e. The van der Waals surface area contributed by atoms with Crippen LogP contribution in [0.25, 0.3) is 22.2 Å². The number of H-pyrrole nitrogens is 1. The second-order valence-electron chi connectivity index (χ2n) is 6.46. The van der Waals surface area contributed by atoms with E-state index >= 15 is 0 Å². The maximum atomic E-state index is 5.82. The van der Waals surface area contributed by atoms with Crippen LogP contribution in [0, 0.1) is 0 Å². The van der Waals surface area contributed by atoms with Crippen molar-refractivity contribution in [2.75, 3.05) is 7.11 Å². The number of hydrogen-bond acceptors (Lipinski definition) is 4. The number of nitrogens with two attached hydrogens (primary N) is 2. The molecule has 0 saturated carbocycles. The molecule has 0 bridgehead atoms. The molecule has 4 rings (SSSR count). The van der Waals surface area contributed by atoms with Crippen LogP contribution in [-0.4, -0.2) is 22.9 Å². The molecule has 0 spiro atoms. The molecule has 2 heterocycles. The Balaban J connectivity index is 1.85. The topological polar surface area (TPSA) is 102 Å². The Hall–Kier alpha value is -3.80. The molecule has 28 heavy (non-hydrogen) atoms. The number of aromatic nitrogens is 2. The van der Waals surface area contributed by atoms with Gasteiger partial charge in [0, 0.05) is 29.1 Å². The predicted molar refractivity (Wildman–Crippen MR) is 112 cm³/mol. The highest BCUT2D eigenvalue weighted by Crippen LogP contribution is 2.33. The smallest absolute Gasteiger partial charge is 0.168 e. The molecule has 0 aliphatic heterocycles. The summed E-state index contributed by atoms with van der Waals surface area (Å²) in [6, 6.07) is 22.0. The number of ether oxygens (including phenoxy) is 1. The summed E-state index contributed by atoms with van der Waals surface area (Å²) in [5, 5.41) is 4.67. The molecule has 140 valence electrons. The molecule has 5 N–H and O–H groups in total. The van der Waals surface area contributed by atoms with Crippen molar-refractivity contribution in [3.05, 3.63) is 83.7 Å². The summed E-state index contributed by atoms with van der Waals surface area (Å²) in [6.07, 6.45) is 0.641. The van der Waals surface area contributed by atoms with Crippen LogP contribution in [0.4, 0.5) is 0 Å². The number of methoxy groups -OCH3 is 1. The van der Waals surface area contributed by atoms with Crippen molar-refractivity contribution < 1.29 is 4.74 Å². The zero-order valence-corrected chi connectivity index (χ0v) is 15.5.